The average molecular weight is 323 g/mol. The van der Waals surface area contributed by atoms with Gasteiger partial charge in [0.05, 0.1) is 16.9 Å². The molecule has 0 spiro atoms. The lowest BCUT2D eigenvalue weighted by Crippen LogP contribution is -2.15. The van der Waals surface area contributed by atoms with Crippen molar-refractivity contribution in [1.29, 1.82) is 0 Å². The zero-order valence-electron chi connectivity index (χ0n) is 10.5. The van der Waals surface area contributed by atoms with Crippen molar-refractivity contribution < 1.29 is 9.18 Å². The topological polar surface area (TPSA) is 42.0 Å². The molecule has 0 saturated heterocycles. The van der Waals surface area contributed by atoms with Crippen LogP contribution in [0.5, 0.6) is 0 Å². The highest BCUT2D eigenvalue weighted by molar-refractivity contribution is 9.10. The second kappa shape index (κ2) is 5.48. The fourth-order valence-corrected chi connectivity index (χ4v) is 2.06. The predicted molar refractivity (Wildman–Crippen MR) is 75.8 cm³/mol. The van der Waals surface area contributed by atoms with Crippen molar-refractivity contribution in [3.05, 3.63) is 57.6 Å². The zero-order valence-corrected chi connectivity index (χ0v) is 12.1. The van der Waals surface area contributed by atoms with E-state index in [2.05, 4.69) is 26.2 Å². The molecular formula is C14H12BrFN2O. The number of nitrogens with one attached hydrogen (secondary N) is 1. The number of hydrogen-bond donors (Lipinski definition) is 1. The number of anilines is 1. The Bertz CT molecular complexity index is 643. The van der Waals surface area contributed by atoms with Gasteiger partial charge < -0.3 is 5.32 Å². The van der Waals surface area contributed by atoms with E-state index < -0.39 is 11.7 Å². The standard InChI is InChI=1S/C14H12BrFN2O/c1-8-3-4-11(16)10(7-8)14(19)18-12-5-6-13(15)17-9(12)2/h3-7H,1-2H3,(H,18,19). The monoisotopic (exact) mass is 322 g/mol. The van der Waals surface area contributed by atoms with E-state index in [1.165, 1.54) is 12.1 Å². The van der Waals surface area contributed by atoms with Crippen LogP contribution in [-0.4, -0.2) is 10.9 Å². The molecule has 0 aliphatic heterocycles. The van der Waals surface area contributed by atoms with Crippen LogP contribution < -0.4 is 5.32 Å². The first-order valence-electron chi connectivity index (χ1n) is 5.68. The van der Waals surface area contributed by atoms with Crippen LogP contribution in [-0.2, 0) is 0 Å². The molecule has 0 aliphatic rings. The molecule has 19 heavy (non-hydrogen) atoms. The summed E-state index contributed by atoms with van der Waals surface area (Å²) in [4.78, 5) is 16.2. The van der Waals surface area contributed by atoms with Crippen LogP contribution in [0.25, 0.3) is 0 Å². The Morgan fingerprint density at radius 2 is 2.00 bits per heavy atom. The van der Waals surface area contributed by atoms with Crippen LogP contribution in [0.15, 0.2) is 34.9 Å². The number of halogens is 2. The third-order valence-corrected chi connectivity index (χ3v) is 3.11. The minimum Gasteiger partial charge on any atom is -0.320 e. The Morgan fingerprint density at radius 3 is 2.68 bits per heavy atom. The number of rotatable bonds is 2. The molecule has 2 rings (SSSR count). The third-order valence-electron chi connectivity index (χ3n) is 2.67. The van der Waals surface area contributed by atoms with Gasteiger partial charge in [-0.05, 0) is 54.0 Å². The first kappa shape index (κ1) is 13.7. The van der Waals surface area contributed by atoms with Gasteiger partial charge in [-0.25, -0.2) is 9.37 Å². The molecule has 1 heterocycles. The molecule has 0 atom stereocenters. The molecule has 1 aromatic carbocycles. The highest BCUT2D eigenvalue weighted by atomic mass is 79.9. The maximum Gasteiger partial charge on any atom is 0.258 e. The molecule has 5 heteroatoms. The molecule has 0 bridgehead atoms. The number of aryl methyl sites for hydroxylation is 2. The van der Waals surface area contributed by atoms with Gasteiger partial charge in [-0.2, -0.15) is 0 Å². The summed E-state index contributed by atoms with van der Waals surface area (Å²) in [5.74, 6) is -1.01. The maximum atomic E-state index is 13.6. The molecule has 98 valence electrons. The van der Waals surface area contributed by atoms with Gasteiger partial charge in [0.2, 0.25) is 0 Å². The lowest BCUT2D eigenvalue weighted by atomic mass is 10.1. The molecule has 0 aliphatic carbocycles. The predicted octanol–water partition coefficient (Wildman–Crippen LogP) is 3.85. The Hall–Kier alpha value is -1.75. The first-order valence-corrected chi connectivity index (χ1v) is 6.47. The summed E-state index contributed by atoms with van der Waals surface area (Å²) < 4.78 is 14.3. The van der Waals surface area contributed by atoms with Crippen LogP contribution in [0.4, 0.5) is 10.1 Å². The Labute approximate surface area is 119 Å². The van der Waals surface area contributed by atoms with Crippen LogP contribution >= 0.6 is 15.9 Å². The highest BCUT2D eigenvalue weighted by Crippen LogP contribution is 2.18. The van der Waals surface area contributed by atoms with Gasteiger partial charge in [0.1, 0.15) is 10.4 Å². The molecule has 3 nitrogen and oxygen atoms in total. The largest absolute Gasteiger partial charge is 0.320 e. The van der Waals surface area contributed by atoms with E-state index in [1.807, 2.05) is 6.92 Å². The SMILES string of the molecule is Cc1ccc(F)c(C(=O)Nc2ccc(Br)nc2C)c1. The molecule has 1 aromatic heterocycles. The molecular weight excluding hydrogens is 311 g/mol. The summed E-state index contributed by atoms with van der Waals surface area (Å²) in [5.41, 5.74) is 2.09. The molecule has 1 N–H and O–H groups in total. The Balaban J connectivity index is 2.28. The van der Waals surface area contributed by atoms with E-state index in [0.717, 1.165) is 5.56 Å². The highest BCUT2D eigenvalue weighted by Gasteiger charge is 2.13. The van der Waals surface area contributed by atoms with Gasteiger partial charge in [0.15, 0.2) is 0 Å². The van der Waals surface area contributed by atoms with E-state index >= 15 is 0 Å². The lowest BCUT2D eigenvalue weighted by molar-refractivity contribution is 0.102. The van der Waals surface area contributed by atoms with Crippen molar-refractivity contribution in [2.75, 3.05) is 5.32 Å². The molecule has 0 saturated carbocycles. The normalized spacial score (nSPS) is 10.3. The lowest BCUT2D eigenvalue weighted by Gasteiger charge is -2.09. The maximum absolute atomic E-state index is 13.6. The van der Waals surface area contributed by atoms with Crippen molar-refractivity contribution in [2.24, 2.45) is 0 Å². The molecule has 1 amide bonds. The van der Waals surface area contributed by atoms with Crippen molar-refractivity contribution in [3.63, 3.8) is 0 Å². The molecule has 2 aromatic rings. The van der Waals surface area contributed by atoms with Gasteiger partial charge in [0, 0.05) is 0 Å². The number of carbonyl (C=O) groups is 1. The number of benzene rings is 1. The Morgan fingerprint density at radius 1 is 1.26 bits per heavy atom. The van der Waals surface area contributed by atoms with Crippen LogP contribution in [0.3, 0.4) is 0 Å². The quantitative estimate of drug-likeness (QED) is 0.853. The van der Waals surface area contributed by atoms with E-state index in [4.69, 9.17) is 0 Å². The van der Waals surface area contributed by atoms with Gasteiger partial charge in [0.25, 0.3) is 5.91 Å². The Kier molecular flexibility index (Phi) is 3.95. The fraction of sp³-hybridized carbons (Fsp3) is 0.143. The van der Waals surface area contributed by atoms with E-state index in [9.17, 15) is 9.18 Å². The molecule has 0 fully saturated rings. The molecule has 0 unspecified atom stereocenters. The number of nitrogens with zero attached hydrogens (tertiary/aromatic N) is 1. The minimum absolute atomic E-state index is 0.0299. The average Bonchev–Trinajstić information content (AvgIpc) is 2.35. The van der Waals surface area contributed by atoms with Gasteiger partial charge >= 0.3 is 0 Å². The second-order valence-corrected chi connectivity index (χ2v) is 5.02. The van der Waals surface area contributed by atoms with Crippen LogP contribution in [0, 0.1) is 19.7 Å². The van der Waals surface area contributed by atoms with Crippen LogP contribution in [0.1, 0.15) is 21.6 Å². The summed E-state index contributed by atoms with van der Waals surface area (Å²) in [7, 11) is 0. The summed E-state index contributed by atoms with van der Waals surface area (Å²) in [6.45, 7) is 3.58. The molecule has 0 radical (unpaired) electrons. The van der Waals surface area contributed by atoms with E-state index in [-0.39, 0.29) is 5.56 Å². The minimum atomic E-state index is -0.536. The number of pyridine rings is 1. The number of carbonyl (C=O) groups excluding carboxylic acids is 1. The third kappa shape index (κ3) is 3.17. The number of aromatic nitrogens is 1. The summed E-state index contributed by atoms with van der Waals surface area (Å²) in [6.07, 6.45) is 0. The van der Waals surface area contributed by atoms with Crippen molar-refractivity contribution in [1.82, 2.24) is 4.98 Å². The van der Waals surface area contributed by atoms with E-state index in [1.54, 1.807) is 25.1 Å². The number of amides is 1. The van der Waals surface area contributed by atoms with Crippen molar-refractivity contribution >= 4 is 27.5 Å². The number of hydrogen-bond acceptors (Lipinski definition) is 2. The summed E-state index contributed by atoms with van der Waals surface area (Å²) >= 11 is 3.24. The first-order chi connectivity index (χ1) is 8.97. The van der Waals surface area contributed by atoms with Crippen molar-refractivity contribution in [2.45, 2.75) is 13.8 Å². The van der Waals surface area contributed by atoms with Gasteiger partial charge in [-0.15, -0.1) is 0 Å². The van der Waals surface area contributed by atoms with Crippen LogP contribution in [0.2, 0.25) is 0 Å². The van der Waals surface area contributed by atoms with Gasteiger partial charge in [-0.3, -0.25) is 4.79 Å². The van der Waals surface area contributed by atoms with Crippen molar-refractivity contribution in [3.8, 4) is 0 Å². The summed E-state index contributed by atoms with van der Waals surface area (Å²) in [5, 5.41) is 2.66. The zero-order chi connectivity index (χ0) is 14.0. The summed E-state index contributed by atoms with van der Waals surface area (Å²) in [6, 6.07) is 7.87. The second-order valence-electron chi connectivity index (χ2n) is 4.20. The fourth-order valence-electron chi connectivity index (χ4n) is 1.67. The van der Waals surface area contributed by atoms with Gasteiger partial charge in [-0.1, -0.05) is 11.6 Å². The van der Waals surface area contributed by atoms with E-state index in [0.29, 0.717) is 16.0 Å². The smallest absolute Gasteiger partial charge is 0.258 e.